The highest BCUT2D eigenvalue weighted by Crippen LogP contribution is 2.14. The van der Waals surface area contributed by atoms with Gasteiger partial charge in [-0.25, -0.2) is 0 Å². The number of hydrogen-bond donors (Lipinski definition) is 1. The highest BCUT2D eigenvalue weighted by Gasteiger charge is 2.11. The predicted octanol–water partition coefficient (Wildman–Crippen LogP) is 2.19. The van der Waals surface area contributed by atoms with E-state index in [9.17, 15) is 0 Å². The van der Waals surface area contributed by atoms with E-state index in [1.165, 1.54) is 0 Å². The van der Waals surface area contributed by atoms with Gasteiger partial charge in [0.1, 0.15) is 11.5 Å². The molecule has 0 unspecified atom stereocenters. The molecule has 2 heterocycles. The monoisotopic (exact) mass is 235 g/mol. The number of nitrogens with zero attached hydrogens (tertiary/aromatic N) is 2. The highest BCUT2D eigenvalue weighted by atomic mass is 16.5. The Kier molecular flexibility index (Phi) is 3.28. The normalized spacial score (nSPS) is 11.1. The minimum Gasteiger partial charge on any atom is -0.361 e. The third-order valence-electron chi connectivity index (χ3n) is 2.97. The van der Waals surface area contributed by atoms with Gasteiger partial charge in [-0.1, -0.05) is 10.3 Å². The van der Waals surface area contributed by atoms with Crippen molar-refractivity contribution in [3.8, 4) is 0 Å². The van der Waals surface area contributed by atoms with Gasteiger partial charge < -0.3 is 14.4 Å². The van der Waals surface area contributed by atoms with Crippen molar-refractivity contribution in [3.05, 3.63) is 34.0 Å². The first-order chi connectivity index (χ1) is 8.09. The van der Waals surface area contributed by atoms with E-state index in [1.54, 1.807) is 0 Å². The molecule has 0 bridgehead atoms. The van der Waals surface area contributed by atoms with Gasteiger partial charge in [0.15, 0.2) is 0 Å². The van der Waals surface area contributed by atoms with E-state index in [1.807, 2.05) is 27.7 Å². The Labute approximate surface area is 100 Å². The molecule has 0 saturated carbocycles. The van der Waals surface area contributed by atoms with Gasteiger partial charge in [0, 0.05) is 24.2 Å². The molecular formula is C12H17N3O2. The Balaban J connectivity index is 1.97. The molecule has 2 aromatic rings. The fourth-order valence-corrected chi connectivity index (χ4v) is 1.82. The van der Waals surface area contributed by atoms with Crippen LogP contribution in [0.1, 0.15) is 34.0 Å². The number of rotatable bonds is 4. The van der Waals surface area contributed by atoms with Crippen molar-refractivity contribution in [1.29, 1.82) is 0 Å². The quantitative estimate of drug-likeness (QED) is 0.880. The Morgan fingerprint density at radius 3 is 1.53 bits per heavy atom. The summed E-state index contributed by atoms with van der Waals surface area (Å²) in [6, 6.07) is 0. The molecule has 0 amide bonds. The molecule has 0 saturated heterocycles. The maximum Gasteiger partial charge on any atom is 0.138 e. The van der Waals surface area contributed by atoms with Crippen LogP contribution in [0.15, 0.2) is 9.05 Å². The number of nitrogens with one attached hydrogen (secondary N) is 1. The molecule has 17 heavy (non-hydrogen) atoms. The molecule has 5 heteroatoms. The first-order valence-electron chi connectivity index (χ1n) is 5.63. The van der Waals surface area contributed by atoms with Crippen LogP contribution in [-0.4, -0.2) is 10.3 Å². The molecule has 0 atom stereocenters. The zero-order valence-corrected chi connectivity index (χ0v) is 10.6. The first kappa shape index (κ1) is 11.9. The van der Waals surface area contributed by atoms with Crippen molar-refractivity contribution < 1.29 is 9.05 Å². The molecule has 0 aliphatic heterocycles. The van der Waals surface area contributed by atoms with Crippen LogP contribution >= 0.6 is 0 Å². The second-order valence-corrected chi connectivity index (χ2v) is 4.21. The summed E-state index contributed by atoms with van der Waals surface area (Å²) in [5.74, 6) is 1.74. The lowest BCUT2D eigenvalue weighted by Crippen LogP contribution is -2.14. The van der Waals surface area contributed by atoms with Gasteiger partial charge in [-0.15, -0.1) is 0 Å². The molecule has 0 aliphatic carbocycles. The molecule has 2 aromatic heterocycles. The van der Waals surface area contributed by atoms with Crippen LogP contribution in [0.4, 0.5) is 0 Å². The minimum atomic E-state index is 0.741. The topological polar surface area (TPSA) is 64.1 Å². The highest BCUT2D eigenvalue weighted by molar-refractivity contribution is 5.22. The molecule has 0 radical (unpaired) electrons. The van der Waals surface area contributed by atoms with Gasteiger partial charge in [-0.3, -0.25) is 0 Å². The number of aromatic nitrogens is 2. The fraction of sp³-hybridized carbons (Fsp3) is 0.500. The summed E-state index contributed by atoms with van der Waals surface area (Å²) >= 11 is 0. The van der Waals surface area contributed by atoms with Gasteiger partial charge in [0.2, 0.25) is 0 Å². The molecule has 1 N–H and O–H groups in total. The van der Waals surface area contributed by atoms with E-state index in [4.69, 9.17) is 9.05 Å². The van der Waals surface area contributed by atoms with Gasteiger partial charge >= 0.3 is 0 Å². The molecule has 2 rings (SSSR count). The van der Waals surface area contributed by atoms with Gasteiger partial charge in [0.25, 0.3) is 0 Å². The molecule has 0 spiro atoms. The summed E-state index contributed by atoms with van der Waals surface area (Å²) in [6.07, 6.45) is 0. The summed E-state index contributed by atoms with van der Waals surface area (Å²) in [5, 5.41) is 11.2. The Morgan fingerprint density at radius 1 is 0.824 bits per heavy atom. The van der Waals surface area contributed by atoms with Crippen LogP contribution in [0, 0.1) is 27.7 Å². The van der Waals surface area contributed by atoms with Crippen molar-refractivity contribution in [1.82, 2.24) is 15.6 Å². The average Bonchev–Trinajstić information content (AvgIpc) is 2.77. The largest absolute Gasteiger partial charge is 0.361 e. The molecular weight excluding hydrogens is 218 g/mol. The van der Waals surface area contributed by atoms with E-state index in [-0.39, 0.29) is 0 Å². The minimum absolute atomic E-state index is 0.741. The average molecular weight is 235 g/mol. The Morgan fingerprint density at radius 2 is 1.24 bits per heavy atom. The summed E-state index contributed by atoms with van der Waals surface area (Å²) in [5.41, 5.74) is 4.12. The molecule has 0 fully saturated rings. The number of aryl methyl sites for hydroxylation is 4. The van der Waals surface area contributed by atoms with Crippen LogP contribution < -0.4 is 5.32 Å². The molecule has 5 nitrogen and oxygen atoms in total. The first-order valence-corrected chi connectivity index (χ1v) is 5.63. The van der Waals surface area contributed by atoms with Crippen molar-refractivity contribution in [3.63, 3.8) is 0 Å². The van der Waals surface area contributed by atoms with Crippen LogP contribution in [0.25, 0.3) is 0 Å². The van der Waals surface area contributed by atoms with E-state index in [0.717, 1.165) is 47.1 Å². The SMILES string of the molecule is Cc1noc(C)c1CNCc1c(C)noc1C. The van der Waals surface area contributed by atoms with E-state index in [2.05, 4.69) is 15.6 Å². The standard InChI is InChI=1S/C12H17N3O2/c1-7-11(9(3)16-14-7)5-13-6-12-8(2)15-17-10(12)4/h13H,5-6H2,1-4H3. The van der Waals surface area contributed by atoms with Crippen molar-refractivity contribution in [2.45, 2.75) is 40.8 Å². The lowest BCUT2D eigenvalue weighted by Gasteiger charge is -2.03. The summed E-state index contributed by atoms with van der Waals surface area (Å²) in [7, 11) is 0. The maximum absolute atomic E-state index is 5.11. The predicted molar refractivity (Wildman–Crippen MR) is 62.5 cm³/mol. The lowest BCUT2D eigenvalue weighted by atomic mass is 10.2. The summed E-state index contributed by atoms with van der Waals surface area (Å²) < 4.78 is 10.2. The number of hydrogen-bond acceptors (Lipinski definition) is 5. The van der Waals surface area contributed by atoms with Crippen molar-refractivity contribution >= 4 is 0 Å². The van der Waals surface area contributed by atoms with Crippen LogP contribution in [0.2, 0.25) is 0 Å². The fourth-order valence-electron chi connectivity index (χ4n) is 1.82. The zero-order chi connectivity index (χ0) is 12.4. The van der Waals surface area contributed by atoms with Crippen LogP contribution in [-0.2, 0) is 13.1 Å². The maximum atomic E-state index is 5.11. The molecule has 0 aliphatic rings. The molecule has 0 aromatic carbocycles. The summed E-state index contributed by atoms with van der Waals surface area (Å²) in [4.78, 5) is 0. The molecule has 92 valence electrons. The summed E-state index contributed by atoms with van der Waals surface area (Å²) in [6.45, 7) is 9.23. The van der Waals surface area contributed by atoms with Gasteiger partial charge in [-0.2, -0.15) is 0 Å². The third-order valence-corrected chi connectivity index (χ3v) is 2.97. The third kappa shape index (κ3) is 2.39. The second kappa shape index (κ2) is 4.71. The Bertz CT molecular complexity index is 429. The van der Waals surface area contributed by atoms with Gasteiger partial charge in [-0.05, 0) is 27.7 Å². The smallest absolute Gasteiger partial charge is 0.138 e. The van der Waals surface area contributed by atoms with Crippen molar-refractivity contribution in [2.75, 3.05) is 0 Å². The van der Waals surface area contributed by atoms with E-state index in [0.29, 0.717) is 0 Å². The van der Waals surface area contributed by atoms with E-state index >= 15 is 0 Å². The zero-order valence-electron chi connectivity index (χ0n) is 10.6. The van der Waals surface area contributed by atoms with Crippen molar-refractivity contribution in [2.24, 2.45) is 0 Å². The van der Waals surface area contributed by atoms with E-state index < -0.39 is 0 Å². The van der Waals surface area contributed by atoms with Gasteiger partial charge in [0.05, 0.1) is 11.4 Å². The second-order valence-electron chi connectivity index (χ2n) is 4.21. The van der Waals surface area contributed by atoms with Crippen LogP contribution in [0.3, 0.4) is 0 Å². The lowest BCUT2D eigenvalue weighted by molar-refractivity contribution is 0.391. The Hall–Kier alpha value is -1.62. The van der Waals surface area contributed by atoms with Crippen LogP contribution in [0.5, 0.6) is 0 Å².